The van der Waals surface area contributed by atoms with E-state index in [9.17, 15) is 4.79 Å². The molecule has 1 heterocycles. The van der Waals surface area contributed by atoms with Gasteiger partial charge in [-0.2, -0.15) is 0 Å². The van der Waals surface area contributed by atoms with Gasteiger partial charge in [0, 0.05) is 33.2 Å². The van der Waals surface area contributed by atoms with Crippen molar-refractivity contribution in [1.82, 2.24) is 10.2 Å². The number of nitrogens with one attached hydrogen (secondary N) is 1. The number of hydrogen-bond acceptors (Lipinski definition) is 3. The number of amides is 1. The Morgan fingerprint density at radius 2 is 2.24 bits per heavy atom. The van der Waals surface area contributed by atoms with Crippen LogP contribution in [0, 0.1) is 5.92 Å². The average molecular weight is 346 g/mol. The predicted octanol–water partition coefficient (Wildman–Crippen LogP) is 1.89. The zero-order valence-electron chi connectivity index (χ0n) is 15.3. The van der Waals surface area contributed by atoms with Crippen LogP contribution in [0.3, 0.4) is 0 Å². The number of piperidine rings is 1. The van der Waals surface area contributed by atoms with E-state index in [1.807, 2.05) is 6.07 Å². The van der Waals surface area contributed by atoms with E-state index in [0.29, 0.717) is 25.5 Å². The number of likely N-dealkylation sites (tertiary alicyclic amines) is 1. The van der Waals surface area contributed by atoms with E-state index in [0.717, 1.165) is 49.6 Å². The van der Waals surface area contributed by atoms with Crippen LogP contribution in [0.4, 0.5) is 0 Å². The van der Waals surface area contributed by atoms with E-state index >= 15 is 0 Å². The van der Waals surface area contributed by atoms with Crippen molar-refractivity contribution in [3.05, 3.63) is 35.4 Å². The molecule has 138 valence electrons. The number of carbonyl (C=O) groups excluding carboxylic acids is 1. The minimum atomic E-state index is -0.219. The summed E-state index contributed by atoms with van der Waals surface area (Å²) in [5.74, 6) is 1.01. The molecule has 1 fully saturated rings. The fraction of sp³-hybridized carbons (Fsp3) is 0.579. The lowest BCUT2D eigenvalue weighted by Gasteiger charge is -2.34. The van der Waals surface area contributed by atoms with Crippen LogP contribution in [0.5, 0.6) is 0 Å². The molecule has 1 atom stereocenters. The Hall–Kier alpha value is -2.08. The number of carbonyl (C=O) groups is 1. The van der Waals surface area contributed by atoms with Gasteiger partial charge in [0.25, 0.3) is 0 Å². The lowest BCUT2D eigenvalue weighted by atomic mass is 9.95. The third kappa shape index (κ3) is 6.38. The lowest BCUT2D eigenvalue weighted by Crippen LogP contribution is -2.47. The second kappa shape index (κ2) is 10.0. The van der Waals surface area contributed by atoms with E-state index in [-0.39, 0.29) is 5.91 Å². The number of nitrogens with two attached hydrogens (primary N) is 1. The summed E-state index contributed by atoms with van der Waals surface area (Å²) in [5.41, 5.74) is 7.68. The largest absolute Gasteiger partial charge is 0.380 e. The molecule has 2 rings (SSSR count). The van der Waals surface area contributed by atoms with Gasteiger partial charge in [-0.15, -0.1) is 0 Å². The number of primary amides is 1. The first-order chi connectivity index (χ1) is 12.1. The van der Waals surface area contributed by atoms with Crippen molar-refractivity contribution >= 4 is 11.9 Å². The fourth-order valence-corrected chi connectivity index (χ4v) is 3.29. The highest BCUT2D eigenvalue weighted by Crippen LogP contribution is 2.19. The molecule has 25 heavy (non-hydrogen) atoms. The van der Waals surface area contributed by atoms with Gasteiger partial charge in [-0.25, -0.2) is 4.99 Å². The molecule has 0 spiro atoms. The molecule has 0 saturated carbocycles. The minimum Gasteiger partial charge on any atom is -0.380 e. The molecule has 1 saturated heterocycles. The third-order valence-corrected chi connectivity index (χ3v) is 4.36. The lowest BCUT2D eigenvalue weighted by molar-refractivity contribution is -0.119. The van der Waals surface area contributed by atoms with Gasteiger partial charge in [0.2, 0.25) is 5.91 Å². The monoisotopic (exact) mass is 346 g/mol. The Morgan fingerprint density at radius 3 is 2.96 bits per heavy atom. The minimum absolute atomic E-state index is 0.219. The molecule has 0 aliphatic carbocycles. The van der Waals surface area contributed by atoms with Crippen molar-refractivity contribution in [2.75, 3.05) is 26.7 Å². The molecular weight excluding hydrogens is 316 g/mol. The van der Waals surface area contributed by atoms with Gasteiger partial charge in [-0.05, 0) is 36.8 Å². The van der Waals surface area contributed by atoms with Gasteiger partial charge in [0.15, 0.2) is 5.96 Å². The molecule has 6 nitrogen and oxygen atoms in total. The summed E-state index contributed by atoms with van der Waals surface area (Å²) in [6, 6.07) is 8.30. The molecule has 1 unspecified atom stereocenters. The summed E-state index contributed by atoms with van der Waals surface area (Å²) in [5, 5.41) is 3.37. The van der Waals surface area contributed by atoms with Crippen molar-refractivity contribution in [2.45, 2.75) is 39.3 Å². The first kappa shape index (κ1) is 19.2. The highest BCUT2D eigenvalue weighted by atomic mass is 16.5. The number of hydrogen-bond donors (Lipinski definition) is 2. The van der Waals surface area contributed by atoms with Crippen LogP contribution in [0.2, 0.25) is 0 Å². The van der Waals surface area contributed by atoms with E-state index in [1.54, 1.807) is 7.11 Å². The molecule has 0 bridgehead atoms. The van der Waals surface area contributed by atoms with Crippen LogP contribution in [0.15, 0.2) is 29.3 Å². The van der Waals surface area contributed by atoms with Crippen LogP contribution < -0.4 is 11.1 Å². The molecule has 1 aromatic carbocycles. The summed E-state index contributed by atoms with van der Waals surface area (Å²) in [4.78, 5) is 18.3. The van der Waals surface area contributed by atoms with Crippen molar-refractivity contribution in [3.63, 3.8) is 0 Å². The molecule has 1 aliphatic heterocycles. The number of rotatable bonds is 7. The zero-order valence-corrected chi connectivity index (χ0v) is 15.3. The number of guanidine groups is 1. The molecule has 1 aliphatic rings. The number of benzene rings is 1. The first-order valence-electron chi connectivity index (χ1n) is 9.00. The Labute approximate surface area is 150 Å². The van der Waals surface area contributed by atoms with E-state index in [1.165, 1.54) is 0 Å². The van der Waals surface area contributed by atoms with E-state index in [2.05, 4.69) is 35.3 Å². The van der Waals surface area contributed by atoms with Crippen molar-refractivity contribution in [3.8, 4) is 0 Å². The van der Waals surface area contributed by atoms with Gasteiger partial charge in [0.1, 0.15) is 0 Å². The average Bonchev–Trinajstić information content (AvgIpc) is 2.59. The normalized spacial score (nSPS) is 18.2. The van der Waals surface area contributed by atoms with Crippen LogP contribution in [-0.2, 0) is 22.7 Å². The van der Waals surface area contributed by atoms with Crippen LogP contribution in [0.25, 0.3) is 0 Å². The molecule has 1 amide bonds. The number of aliphatic imine (C=N–C) groups is 1. The SMILES string of the molecule is CCNC(=NCc1cccc(COC)c1)N1CCCC(CC(N)=O)C1. The maximum absolute atomic E-state index is 11.2. The standard InChI is InChI=1S/C19H30N4O2/c1-3-21-19(23-9-5-8-16(13-23)11-18(20)24)22-12-15-6-4-7-17(10-15)14-25-2/h4,6-7,10,16H,3,5,8-9,11-14H2,1-2H3,(H2,20,24)(H,21,22). The zero-order chi connectivity index (χ0) is 18.1. The first-order valence-corrected chi connectivity index (χ1v) is 9.00. The topological polar surface area (TPSA) is 80.0 Å². The molecule has 3 N–H and O–H groups in total. The number of ether oxygens (including phenoxy) is 1. The van der Waals surface area contributed by atoms with Crippen LogP contribution in [0.1, 0.15) is 37.3 Å². The maximum atomic E-state index is 11.2. The smallest absolute Gasteiger partial charge is 0.217 e. The van der Waals surface area contributed by atoms with Gasteiger partial charge >= 0.3 is 0 Å². The Bertz CT molecular complexity index is 589. The Kier molecular flexibility index (Phi) is 7.73. The summed E-state index contributed by atoms with van der Waals surface area (Å²) < 4.78 is 5.19. The molecular formula is C19H30N4O2. The summed E-state index contributed by atoms with van der Waals surface area (Å²) in [7, 11) is 1.70. The summed E-state index contributed by atoms with van der Waals surface area (Å²) in [6.45, 7) is 5.91. The second-order valence-electron chi connectivity index (χ2n) is 6.55. The number of methoxy groups -OCH3 is 1. The van der Waals surface area contributed by atoms with Gasteiger partial charge in [0.05, 0.1) is 13.2 Å². The highest BCUT2D eigenvalue weighted by Gasteiger charge is 2.23. The van der Waals surface area contributed by atoms with Gasteiger partial charge < -0.3 is 20.7 Å². The quantitative estimate of drug-likeness (QED) is 0.584. The third-order valence-electron chi connectivity index (χ3n) is 4.36. The molecule has 1 aromatic rings. The summed E-state index contributed by atoms with van der Waals surface area (Å²) >= 11 is 0. The van der Waals surface area contributed by atoms with Crippen molar-refractivity contribution in [2.24, 2.45) is 16.6 Å². The molecule has 6 heteroatoms. The molecule has 0 aromatic heterocycles. The van der Waals surface area contributed by atoms with Crippen LogP contribution in [-0.4, -0.2) is 43.5 Å². The van der Waals surface area contributed by atoms with Crippen LogP contribution >= 0.6 is 0 Å². The van der Waals surface area contributed by atoms with Gasteiger partial charge in [-0.3, -0.25) is 4.79 Å². The maximum Gasteiger partial charge on any atom is 0.217 e. The van der Waals surface area contributed by atoms with E-state index in [4.69, 9.17) is 15.5 Å². The highest BCUT2D eigenvalue weighted by molar-refractivity contribution is 5.80. The predicted molar refractivity (Wildman–Crippen MR) is 100 cm³/mol. The Morgan fingerprint density at radius 1 is 1.44 bits per heavy atom. The molecule has 0 radical (unpaired) electrons. The van der Waals surface area contributed by atoms with Crippen molar-refractivity contribution in [1.29, 1.82) is 0 Å². The summed E-state index contributed by atoms with van der Waals surface area (Å²) in [6.07, 6.45) is 2.57. The fourth-order valence-electron chi connectivity index (χ4n) is 3.29. The second-order valence-corrected chi connectivity index (χ2v) is 6.55. The Balaban J connectivity index is 2.04. The van der Waals surface area contributed by atoms with Gasteiger partial charge in [-0.1, -0.05) is 24.3 Å². The van der Waals surface area contributed by atoms with E-state index < -0.39 is 0 Å². The van der Waals surface area contributed by atoms with Crippen molar-refractivity contribution < 1.29 is 9.53 Å². The number of nitrogens with zero attached hydrogens (tertiary/aromatic N) is 2.